The van der Waals surface area contributed by atoms with Gasteiger partial charge in [-0.2, -0.15) is 0 Å². The zero-order valence-electron chi connectivity index (χ0n) is 14.2. The van der Waals surface area contributed by atoms with Gasteiger partial charge in [0.2, 0.25) is 0 Å². The van der Waals surface area contributed by atoms with Crippen molar-refractivity contribution in [2.45, 2.75) is 33.2 Å². The predicted molar refractivity (Wildman–Crippen MR) is 96.3 cm³/mol. The Bertz CT molecular complexity index is 847. The van der Waals surface area contributed by atoms with Crippen LogP contribution in [0.4, 0.5) is 0 Å². The summed E-state index contributed by atoms with van der Waals surface area (Å²) in [5.41, 5.74) is 4.95. The second-order valence-electron chi connectivity index (χ2n) is 6.33. The van der Waals surface area contributed by atoms with Crippen LogP contribution in [-0.2, 0) is 6.42 Å². The van der Waals surface area contributed by atoms with Crippen molar-refractivity contribution >= 4 is 17.3 Å². The third kappa shape index (κ3) is 2.90. The first-order valence-corrected chi connectivity index (χ1v) is 8.31. The summed E-state index contributed by atoms with van der Waals surface area (Å²) in [6, 6.07) is 13.5. The average molecular weight is 319 g/mol. The van der Waals surface area contributed by atoms with E-state index in [1.807, 2.05) is 56.3 Å². The molecule has 0 atom stereocenters. The first-order chi connectivity index (χ1) is 11.5. The molecule has 0 aliphatic heterocycles. The molecule has 3 heteroatoms. The van der Waals surface area contributed by atoms with Crippen LogP contribution in [0.2, 0.25) is 0 Å². The molecule has 0 bridgehead atoms. The van der Waals surface area contributed by atoms with Crippen LogP contribution < -0.4 is 5.32 Å². The van der Waals surface area contributed by atoms with Gasteiger partial charge in [-0.15, -0.1) is 0 Å². The fourth-order valence-electron chi connectivity index (χ4n) is 3.02. The number of carbonyl (C=O) groups excluding carboxylic acids is 2. The number of carbonyl (C=O) groups is 2. The Labute approximate surface area is 142 Å². The van der Waals surface area contributed by atoms with E-state index in [4.69, 9.17) is 0 Å². The topological polar surface area (TPSA) is 46.2 Å². The van der Waals surface area contributed by atoms with E-state index in [-0.39, 0.29) is 17.7 Å². The average Bonchev–Trinajstić information content (AvgIpc) is 2.91. The minimum absolute atomic E-state index is 0.00427. The molecule has 1 aliphatic carbocycles. The number of amides is 1. The molecule has 3 nitrogen and oxygen atoms in total. The number of hydrogen-bond donors (Lipinski definition) is 1. The summed E-state index contributed by atoms with van der Waals surface area (Å²) in [5.74, 6) is -0.108. The Morgan fingerprint density at radius 2 is 1.75 bits per heavy atom. The van der Waals surface area contributed by atoms with Crippen LogP contribution in [0.5, 0.6) is 0 Å². The summed E-state index contributed by atoms with van der Waals surface area (Å²) in [6.45, 7) is 5.94. The molecule has 0 saturated carbocycles. The van der Waals surface area contributed by atoms with E-state index in [1.165, 1.54) is 0 Å². The van der Waals surface area contributed by atoms with E-state index in [2.05, 4.69) is 12.2 Å². The first-order valence-electron chi connectivity index (χ1n) is 8.31. The van der Waals surface area contributed by atoms with Crippen LogP contribution in [0.15, 0.2) is 48.5 Å². The SMILES string of the molecule is CCc1ccc(C2=CC(=O)c3ccccc32)c(C(=O)NC(C)C)c1. The largest absolute Gasteiger partial charge is 0.350 e. The van der Waals surface area contributed by atoms with E-state index >= 15 is 0 Å². The summed E-state index contributed by atoms with van der Waals surface area (Å²) in [4.78, 5) is 24.9. The molecule has 2 aromatic carbocycles. The Hall–Kier alpha value is -2.68. The van der Waals surface area contributed by atoms with Gasteiger partial charge in [-0.25, -0.2) is 0 Å². The molecule has 0 fully saturated rings. The van der Waals surface area contributed by atoms with Gasteiger partial charge in [-0.05, 0) is 54.7 Å². The molecule has 0 radical (unpaired) electrons. The number of hydrogen-bond acceptors (Lipinski definition) is 2. The van der Waals surface area contributed by atoms with Gasteiger partial charge < -0.3 is 5.32 Å². The van der Waals surface area contributed by atoms with Crippen LogP contribution in [0, 0.1) is 0 Å². The maximum atomic E-state index is 12.7. The van der Waals surface area contributed by atoms with Crippen LogP contribution in [0.3, 0.4) is 0 Å². The molecule has 1 aliphatic rings. The van der Waals surface area contributed by atoms with Crippen molar-refractivity contribution in [3.63, 3.8) is 0 Å². The first kappa shape index (κ1) is 16.2. The van der Waals surface area contributed by atoms with Gasteiger partial charge in [-0.3, -0.25) is 9.59 Å². The van der Waals surface area contributed by atoms with Gasteiger partial charge in [0, 0.05) is 17.2 Å². The molecule has 0 spiro atoms. The number of ketones is 1. The number of fused-ring (bicyclic) bond motifs is 1. The summed E-state index contributed by atoms with van der Waals surface area (Å²) < 4.78 is 0. The van der Waals surface area contributed by atoms with Gasteiger partial charge >= 0.3 is 0 Å². The second kappa shape index (κ2) is 6.44. The number of nitrogens with one attached hydrogen (secondary N) is 1. The molecular formula is C21H21NO2. The highest BCUT2D eigenvalue weighted by molar-refractivity contribution is 6.20. The van der Waals surface area contributed by atoms with Crippen LogP contribution in [-0.4, -0.2) is 17.7 Å². The molecule has 1 N–H and O–H groups in total. The normalized spacial score (nSPS) is 13.0. The summed E-state index contributed by atoms with van der Waals surface area (Å²) in [6.07, 6.45) is 2.49. The molecule has 2 aromatic rings. The molecule has 1 amide bonds. The van der Waals surface area contributed by atoms with Crippen molar-refractivity contribution in [2.24, 2.45) is 0 Å². The molecule has 122 valence electrons. The summed E-state index contributed by atoms with van der Waals surface area (Å²) in [5, 5.41) is 2.96. The molecule has 3 rings (SSSR count). The van der Waals surface area contributed by atoms with Crippen molar-refractivity contribution in [1.29, 1.82) is 0 Å². The third-order valence-corrected chi connectivity index (χ3v) is 4.20. The minimum atomic E-state index is -0.104. The second-order valence-corrected chi connectivity index (χ2v) is 6.33. The van der Waals surface area contributed by atoms with Gasteiger partial charge in [0.1, 0.15) is 0 Å². The minimum Gasteiger partial charge on any atom is -0.350 e. The van der Waals surface area contributed by atoms with Crippen molar-refractivity contribution in [3.05, 3.63) is 76.4 Å². The van der Waals surface area contributed by atoms with Crippen LogP contribution >= 0.6 is 0 Å². The predicted octanol–water partition coefficient (Wildman–Crippen LogP) is 4.02. The van der Waals surface area contributed by atoms with Crippen LogP contribution in [0.1, 0.15) is 58.2 Å². The van der Waals surface area contributed by atoms with Crippen molar-refractivity contribution in [2.75, 3.05) is 0 Å². The van der Waals surface area contributed by atoms with E-state index in [1.54, 1.807) is 6.08 Å². The lowest BCUT2D eigenvalue weighted by atomic mass is 9.92. The highest BCUT2D eigenvalue weighted by atomic mass is 16.1. The Morgan fingerprint density at radius 1 is 1.04 bits per heavy atom. The van der Waals surface area contributed by atoms with Gasteiger partial charge in [0.25, 0.3) is 5.91 Å². The molecular weight excluding hydrogens is 298 g/mol. The highest BCUT2D eigenvalue weighted by Crippen LogP contribution is 2.34. The zero-order valence-corrected chi connectivity index (χ0v) is 14.2. The number of rotatable bonds is 4. The van der Waals surface area contributed by atoms with Crippen molar-refractivity contribution < 1.29 is 9.59 Å². The van der Waals surface area contributed by atoms with Crippen molar-refractivity contribution in [1.82, 2.24) is 5.32 Å². The van der Waals surface area contributed by atoms with Gasteiger partial charge in [0.15, 0.2) is 5.78 Å². The number of benzene rings is 2. The van der Waals surface area contributed by atoms with Gasteiger partial charge in [0.05, 0.1) is 0 Å². The van der Waals surface area contributed by atoms with E-state index in [0.717, 1.165) is 28.7 Å². The lowest BCUT2D eigenvalue weighted by Gasteiger charge is -2.15. The quantitative estimate of drug-likeness (QED) is 0.925. The smallest absolute Gasteiger partial charge is 0.252 e. The molecule has 0 aromatic heterocycles. The molecule has 0 saturated heterocycles. The molecule has 0 unspecified atom stereocenters. The fourth-order valence-corrected chi connectivity index (χ4v) is 3.02. The standard InChI is InChI=1S/C21H21NO2/c1-4-14-9-10-16(19(11-14)21(24)22-13(2)3)18-12-20(23)17-8-6-5-7-15(17)18/h5-13H,4H2,1-3H3,(H,22,24). The summed E-state index contributed by atoms with van der Waals surface area (Å²) in [7, 11) is 0. The van der Waals surface area contributed by atoms with Crippen molar-refractivity contribution in [3.8, 4) is 0 Å². The molecule has 24 heavy (non-hydrogen) atoms. The maximum absolute atomic E-state index is 12.7. The monoisotopic (exact) mass is 319 g/mol. The third-order valence-electron chi connectivity index (χ3n) is 4.20. The molecule has 0 heterocycles. The summed E-state index contributed by atoms with van der Waals surface area (Å²) >= 11 is 0. The Kier molecular flexibility index (Phi) is 4.34. The Morgan fingerprint density at radius 3 is 2.42 bits per heavy atom. The van der Waals surface area contributed by atoms with E-state index < -0.39 is 0 Å². The maximum Gasteiger partial charge on any atom is 0.252 e. The lowest BCUT2D eigenvalue weighted by molar-refractivity contribution is 0.0942. The van der Waals surface area contributed by atoms with E-state index in [9.17, 15) is 9.59 Å². The van der Waals surface area contributed by atoms with E-state index in [0.29, 0.717) is 11.1 Å². The fraction of sp³-hybridized carbons (Fsp3) is 0.238. The van der Waals surface area contributed by atoms with Crippen LogP contribution in [0.25, 0.3) is 5.57 Å². The number of aryl methyl sites for hydroxylation is 1. The highest BCUT2D eigenvalue weighted by Gasteiger charge is 2.25. The van der Waals surface area contributed by atoms with Gasteiger partial charge in [-0.1, -0.05) is 43.3 Å². The lowest BCUT2D eigenvalue weighted by Crippen LogP contribution is -2.30. The zero-order chi connectivity index (χ0) is 17.3. The number of allylic oxidation sites excluding steroid dienone is 1. The Balaban J connectivity index is 2.13.